The van der Waals surface area contributed by atoms with Crippen molar-refractivity contribution < 1.29 is 14.5 Å². The van der Waals surface area contributed by atoms with Crippen LogP contribution in [0, 0.1) is 0 Å². The lowest BCUT2D eigenvalue weighted by atomic mass is 10.0. The molecule has 1 unspecified atom stereocenters. The summed E-state index contributed by atoms with van der Waals surface area (Å²) in [5.41, 5.74) is 1.65. The SMILES string of the molecule is CCCNC(=O)C[NH+](C)[C@H](C)C(=O)c1c[nH]c2ccccc12. The summed E-state index contributed by atoms with van der Waals surface area (Å²) < 4.78 is 0. The van der Waals surface area contributed by atoms with E-state index >= 15 is 0 Å². The van der Waals surface area contributed by atoms with E-state index in [-0.39, 0.29) is 17.7 Å². The normalized spacial score (nSPS) is 13.8. The molecule has 5 nitrogen and oxygen atoms in total. The molecule has 118 valence electrons. The number of benzene rings is 1. The van der Waals surface area contributed by atoms with Gasteiger partial charge in [0, 0.05) is 29.2 Å². The number of amides is 1. The molecule has 2 aromatic rings. The summed E-state index contributed by atoms with van der Waals surface area (Å²) in [6.07, 6.45) is 2.67. The number of aromatic nitrogens is 1. The van der Waals surface area contributed by atoms with E-state index in [1.807, 2.05) is 45.2 Å². The van der Waals surface area contributed by atoms with Gasteiger partial charge in [0.05, 0.1) is 7.05 Å². The van der Waals surface area contributed by atoms with Crippen LogP contribution in [0.2, 0.25) is 0 Å². The zero-order valence-corrected chi connectivity index (χ0v) is 13.4. The first kappa shape index (κ1) is 16.2. The maximum atomic E-state index is 12.7. The minimum atomic E-state index is -0.272. The van der Waals surface area contributed by atoms with Crippen molar-refractivity contribution in [2.24, 2.45) is 0 Å². The molecule has 0 aliphatic heterocycles. The number of aromatic amines is 1. The summed E-state index contributed by atoms with van der Waals surface area (Å²) in [6.45, 7) is 4.86. The van der Waals surface area contributed by atoms with Gasteiger partial charge >= 0.3 is 0 Å². The summed E-state index contributed by atoms with van der Waals surface area (Å²) in [7, 11) is 1.88. The second kappa shape index (κ2) is 7.22. The second-order valence-electron chi connectivity index (χ2n) is 5.71. The maximum Gasteiger partial charge on any atom is 0.275 e. The third-order valence-corrected chi connectivity index (χ3v) is 4.00. The molecule has 2 atom stereocenters. The Morgan fingerprint density at radius 2 is 2.05 bits per heavy atom. The average molecular weight is 302 g/mol. The first-order valence-corrected chi connectivity index (χ1v) is 7.74. The summed E-state index contributed by atoms with van der Waals surface area (Å²) in [5, 5.41) is 3.78. The Balaban J connectivity index is 2.06. The van der Waals surface area contributed by atoms with Crippen molar-refractivity contribution in [1.82, 2.24) is 10.3 Å². The van der Waals surface area contributed by atoms with Crippen LogP contribution in [0.1, 0.15) is 30.6 Å². The van der Waals surface area contributed by atoms with Gasteiger partial charge in [-0.05, 0) is 19.4 Å². The molecule has 0 spiro atoms. The van der Waals surface area contributed by atoms with Gasteiger partial charge in [-0.15, -0.1) is 0 Å². The number of fused-ring (bicyclic) bond motifs is 1. The van der Waals surface area contributed by atoms with Crippen LogP contribution in [-0.4, -0.2) is 42.9 Å². The van der Waals surface area contributed by atoms with E-state index in [4.69, 9.17) is 0 Å². The molecule has 1 aromatic carbocycles. The fourth-order valence-corrected chi connectivity index (χ4v) is 2.47. The third kappa shape index (κ3) is 3.54. The van der Waals surface area contributed by atoms with Crippen LogP contribution in [0.3, 0.4) is 0 Å². The van der Waals surface area contributed by atoms with E-state index in [9.17, 15) is 9.59 Å². The highest BCUT2D eigenvalue weighted by molar-refractivity contribution is 6.09. The van der Waals surface area contributed by atoms with Crippen LogP contribution < -0.4 is 10.2 Å². The van der Waals surface area contributed by atoms with Gasteiger partial charge in [0.1, 0.15) is 6.04 Å². The van der Waals surface area contributed by atoms with Crippen LogP contribution in [0.4, 0.5) is 0 Å². The molecule has 1 amide bonds. The number of ketones is 1. The fraction of sp³-hybridized carbons (Fsp3) is 0.412. The highest BCUT2D eigenvalue weighted by Crippen LogP contribution is 2.18. The third-order valence-electron chi connectivity index (χ3n) is 4.00. The van der Waals surface area contributed by atoms with Gasteiger partial charge in [0.2, 0.25) is 5.78 Å². The summed E-state index contributed by atoms with van der Waals surface area (Å²) in [6, 6.07) is 7.48. The molecular formula is C17H24N3O2+. The first-order chi connectivity index (χ1) is 10.5. The lowest BCUT2D eigenvalue weighted by Crippen LogP contribution is -3.14. The minimum Gasteiger partial charge on any atom is -0.360 e. The van der Waals surface area contributed by atoms with Crippen LogP contribution in [0.15, 0.2) is 30.5 Å². The molecular weight excluding hydrogens is 278 g/mol. The van der Waals surface area contributed by atoms with Gasteiger partial charge in [-0.1, -0.05) is 25.1 Å². The molecule has 0 saturated heterocycles. The van der Waals surface area contributed by atoms with Crippen LogP contribution in [0.25, 0.3) is 10.9 Å². The topological polar surface area (TPSA) is 66.4 Å². The van der Waals surface area contributed by atoms with Crippen LogP contribution >= 0.6 is 0 Å². The zero-order chi connectivity index (χ0) is 16.1. The van der Waals surface area contributed by atoms with E-state index in [1.54, 1.807) is 6.20 Å². The first-order valence-electron chi connectivity index (χ1n) is 7.74. The number of nitrogens with one attached hydrogen (secondary N) is 3. The molecule has 0 radical (unpaired) electrons. The van der Waals surface area contributed by atoms with Gasteiger partial charge in [0.25, 0.3) is 5.91 Å². The average Bonchev–Trinajstić information content (AvgIpc) is 2.95. The number of rotatable bonds is 7. The number of likely N-dealkylation sites (N-methyl/N-ethyl adjacent to an activating group) is 1. The second-order valence-corrected chi connectivity index (χ2v) is 5.71. The van der Waals surface area contributed by atoms with Crippen molar-refractivity contribution in [1.29, 1.82) is 0 Å². The summed E-state index contributed by atoms with van der Waals surface area (Å²) in [4.78, 5) is 28.5. The molecule has 0 saturated carbocycles. The number of H-pyrrole nitrogens is 1. The van der Waals surface area contributed by atoms with Crippen molar-refractivity contribution in [2.75, 3.05) is 20.1 Å². The van der Waals surface area contributed by atoms with Gasteiger partial charge in [-0.3, -0.25) is 9.59 Å². The monoisotopic (exact) mass is 302 g/mol. The van der Waals surface area contributed by atoms with E-state index in [0.29, 0.717) is 18.7 Å². The van der Waals surface area contributed by atoms with Crippen molar-refractivity contribution >= 4 is 22.6 Å². The molecule has 0 aliphatic rings. The molecule has 5 heteroatoms. The molecule has 0 bridgehead atoms. The molecule has 1 heterocycles. The summed E-state index contributed by atoms with van der Waals surface area (Å²) in [5.74, 6) is 0.0381. The van der Waals surface area contributed by atoms with Crippen LogP contribution in [0.5, 0.6) is 0 Å². The predicted molar refractivity (Wildman–Crippen MR) is 87.1 cm³/mol. The lowest BCUT2D eigenvalue weighted by molar-refractivity contribution is -0.885. The number of carbonyl (C=O) groups is 2. The highest BCUT2D eigenvalue weighted by atomic mass is 16.2. The van der Waals surface area contributed by atoms with Gasteiger partial charge in [0.15, 0.2) is 6.54 Å². The maximum absolute atomic E-state index is 12.7. The fourth-order valence-electron chi connectivity index (χ4n) is 2.47. The number of para-hydroxylation sites is 1. The van der Waals surface area contributed by atoms with Gasteiger partial charge in [-0.25, -0.2) is 0 Å². The molecule has 3 N–H and O–H groups in total. The Bertz CT molecular complexity index is 663. The standard InChI is InChI=1S/C17H23N3O2/c1-4-9-18-16(21)11-20(3)12(2)17(22)14-10-19-15-8-6-5-7-13(14)15/h5-8,10,12,19H,4,9,11H2,1-3H3,(H,18,21)/p+1/t12-/m1/s1. The number of hydrogen-bond donors (Lipinski definition) is 3. The quantitative estimate of drug-likeness (QED) is 0.662. The predicted octanol–water partition coefficient (Wildman–Crippen LogP) is 0.780. The Labute approximate surface area is 130 Å². The smallest absolute Gasteiger partial charge is 0.275 e. The zero-order valence-electron chi connectivity index (χ0n) is 13.4. The Kier molecular flexibility index (Phi) is 5.33. The molecule has 22 heavy (non-hydrogen) atoms. The van der Waals surface area contributed by atoms with E-state index in [2.05, 4.69) is 10.3 Å². The Morgan fingerprint density at radius 1 is 1.32 bits per heavy atom. The van der Waals surface area contributed by atoms with Gasteiger partial charge < -0.3 is 15.2 Å². The van der Waals surface area contributed by atoms with Crippen molar-refractivity contribution in [3.63, 3.8) is 0 Å². The lowest BCUT2D eigenvalue weighted by Gasteiger charge is -2.20. The molecule has 2 rings (SSSR count). The molecule has 1 aromatic heterocycles. The van der Waals surface area contributed by atoms with E-state index in [1.165, 1.54) is 0 Å². The van der Waals surface area contributed by atoms with Crippen molar-refractivity contribution in [3.05, 3.63) is 36.0 Å². The molecule has 0 fully saturated rings. The minimum absolute atomic E-state index is 0.0158. The van der Waals surface area contributed by atoms with E-state index < -0.39 is 0 Å². The van der Waals surface area contributed by atoms with Crippen molar-refractivity contribution in [2.45, 2.75) is 26.3 Å². The van der Waals surface area contributed by atoms with Crippen molar-refractivity contribution in [3.8, 4) is 0 Å². The number of Topliss-reactive ketones (excluding diaryl/α,β-unsaturated/α-hetero) is 1. The number of carbonyl (C=O) groups excluding carboxylic acids is 2. The van der Waals surface area contributed by atoms with Crippen LogP contribution in [-0.2, 0) is 4.79 Å². The Morgan fingerprint density at radius 3 is 2.77 bits per heavy atom. The number of quaternary nitrogens is 1. The number of hydrogen-bond acceptors (Lipinski definition) is 2. The van der Waals surface area contributed by atoms with Gasteiger partial charge in [-0.2, -0.15) is 0 Å². The largest absolute Gasteiger partial charge is 0.360 e. The van der Waals surface area contributed by atoms with E-state index in [0.717, 1.165) is 22.2 Å². The molecule has 0 aliphatic carbocycles. The summed E-state index contributed by atoms with van der Waals surface area (Å²) >= 11 is 0. The highest BCUT2D eigenvalue weighted by Gasteiger charge is 2.26. The Hall–Kier alpha value is -2.14.